The van der Waals surface area contributed by atoms with E-state index in [9.17, 15) is 10.2 Å². The monoisotopic (exact) mass is 265 g/mol. The summed E-state index contributed by atoms with van der Waals surface area (Å²) in [7, 11) is 0. The molecule has 19 heavy (non-hydrogen) atoms. The summed E-state index contributed by atoms with van der Waals surface area (Å²) < 4.78 is 0. The van der Waals surface area contributed by atoms with Gasteiger partial charge in [-0.1, -0.05) is 0 Å². The first-order valence-electron chi connectivity index (χ1n) is 7.22. The van der Waals surface area contributed by atoms with Crippen molar-refractivity contribution in [3.05, 3.63) is 31.6 Å². The lowest BCUT2D eigenvalue weighted by molar-refractivity contribution is 0.0293. The zero-order valence-corrected chi connectivity index (χ0v) is 11.5. The highest BCUT2D eigenvalue weighted by molar-refractivity contribution is 5.34. The number of hydrogen-bond acceptors (Lipinski definition) is 4. The van der Waals surface area contributed by atoms with Crippen LogP contribution >= 0.6 is 0 Å². The predicted molar refractivity (Wildman–Crippen MR) is 75.6 cm³/mol. The fraction of sp³-hybridized carbons (Fsp3) is 0.667. The first kappa shape index (κ1) is 15.2. The largest absolute Gasteiger partial charge is 0.389 e. The Bertz CT molecular complexity index is 257. The standard InChI is InChI=1S/C15H25N2O2/c1-11-14(18)15(19)13(17-11)8-10-16-9-4-7-12-5-2-3-6-12/h2-3,5-6,11,13-19H,4,7-10H2,1H3/t11-,13-,14+,15-/m0/s1. The highest BCUT2D eigenvalue weighted by Gasteiger charge is 2.37. The molecule has 0 spiro atoms. The summed E-state index contributed by atoms with van der Waals surface area (Å²) >= 11 is 0. The van der Waals surface area contributed by atoms with Crippen molar-refractivity contribution in [2.75, 3.05) is 13.1 Å². The smallest absolute Gasteiger partial charge is 0.0967 e. The van der Waals surface area contributed by atoms with E-state index in [0.717, 1.165) is 32.4 Å². The summed E-state index contributed by atoms with van der Waals surface area (Å²) in [5.41, 5.74) is 0. The van der Waals surface area contributed by atoms with Crippen molar-refractivity contribution in [2.45, 2.75) is 50.5 Å². The summed E-state index contributed by atoms with van der Waals surface area (Å²) in [6.45, 7) is 3.77. The van der Waals surface area contributed by atoms with E-state index in [1.807, 2.05) is 6.92 Å². The molecule has 2 aliphatic rings. The normalized spacial score (nSPS) is 36.2. The molecular weight excluding hydrogens is 240 g/mol. The molecule has 0 aromatic heterocycles. The lowest BCUT2D eigenvalue weighted by Crippen LogP contribution is -2.36. The zero-order chi connectivity index (χ0) is 13.7. The maximum Gasteiger partial charge on any atom is 0.0967 e. The van der Waals surface area contributed by atoms with Gasteiger partial charge in [0.15, 0.2) is 0 Å². The van der Waals surface area contributed by atoms with Gasteiger partial charge in [0.2, 0.25) is 0 Å². The van der Waals surface area contributed by atoms with Crippen molar-refractivity contribution in [1.82, 2.24) is 10.6 Å². The van der Waals surface area contributed by atoms with Gasteiger partial charge in [0.05, 0.1) is 12.2 Å². The van der Waals surface area contributed by atoms with Crippen LogP contribution in [0, 0.1) is 31.6 Å². The Morgan fingerprint density at radius 3 is 2.53 bits per heavy atom. The maximum atomic E-state index is 9.82. The topological polar surface area (TPSA) is 64.5 Å². The first-order chi connectivity index (χ1) is 9.18. The minimum atomic E-state index is -0.638. The van der Waals surface area contributed by atoms with Gasteiger partial charge >= 0.3 is 0 Å². The second kappa shape index (κ2) is 7.58. The van der Waals surface area contributed by atoms with Gasteiger partial charge in [-0.2, -0.15) is 0 Å². The van der Waals surface area contributed by atoms with E-state index in [0.29, 0.717) is 0 Å². The lowest BCUT2D eigenvalue weighted by Gasteiger charge is -2.16. The summed E-state index contributed by atoms with van der Waals surface area (Å²) in [6, 6.07) is -0.00934. The van der Waals surface area contributed by atoms with Crippen LogP contribution in [0.15, 0.2) is 0 Å². The van der Waals surface area contributed by atoms with Gasteiger partial charge in [-0.3, -0.25) is 0 Å². The molecule has 4 N–H and O–H groups in total. The molecule has 2 rings (SSSR count). The number of rotatable bonds is 7. The maximum absolute atomic E-state index is 9.82. The summed E-state index contributed by atoms with van der Waals surface area (Å²) in [5.74, 6) is 1.40. The van der Waals surface area contributed by atoms with Crippen LogP contribution in [0.3, 0.4) is 0 Å². The molecule has 2 fully saturated rings. The van der Waals surface area contributed by atoms with Crippen LogP contribution in [-0.2, 0) is 0 Å². The highest BCUT2D eigenvalue weighted by Crippen LogP contribution is 2.26. The van der Waals surface area contributed by atoms with E-state index < -0.39 is 12.2 Å². The molecule has 5 radical (unpaired) electrons. The first-order valence-corrected chi connectivity index (χ1v) is 7.22. The molecule has 1 saturated heterocycles. The molecule has 0 unspecified atom stereocenters. The van der Waals surface area contributed by atoms with Crippen molar-refractivity contribution in [1.29, 1.82) is 0 Å². The van der Waals surface area contributed by atoms with Gasteiger partial charge < -0.3 is 20.8 Å². The predicted octanol–water partition coefficient (Wildman–Crippen LogP) is 0.234. The van der Waals surface area contributed by atoms with Crippen LogP contribution in [0.1, 0.15) is 26.2 Å². The molecule has 4 atom stereocenters. The van der Waals surface area contributed by atoms with Crippen LogP contribution in [0.5, 0.6) is 0 Å². The lowest BCUT2D eigenvalue weighted by atomic mass is 10.0. The molecule has 1 aliphatic heterocycles. The van der Waals surface area contributed by atoms with E-state index in [-0.39, 0.29) is 12.1 Å². The molecule has 1 aliphatic carbocycles. The molecule has 107 valence electrons. The van der Waals surface area contributed by atoms with Crippen LogP contribution in [0.2, 0.25) is 0 Å². The Balaban J connectivity index is 1.48. The third kappa shape index (κ3) is 4.42. The zero-order valence-electron chi connectivity index (χ0n) is 11.5. The van der Waals surface area contributed by atoms with E-state index in [1.54, 1.807) is 0 Å². The quantitative estimate of drug-likeness (QED) is 0.498. The summed E-state index contributed by atoms with van der Waals surface area (Å²) in [4.78, 5) is 0. The van der Waals surface area contributed by atoms with E-state index in [1.165, 1.54) is 5.92 Å². The second-order valence-corrected chi connectivity index (χ2v) is 5.48. The molecule has 0 aromatic rings. The number of aliphatic hydroxyl groups is 2. The fourth-order valence-electron chi connectivity index (χ4n) is 2.70. The SMILES string of the molecule is C[C@@H]1N[C@@H](CCNCCC[C]2[CH][CH][CH][CH]2)[C@H](O)[C@@H]1O. The van der Waals surface area contributed by atoms with Crippen LogP contribution < -0.4 is 10.6 Å². The van der Waals surface area contributed by atoms with Gasteiger partial charge in [0.1, 0.15) is 0 Å². The fourth-order valence-corrected chi connectivity index (χ4v) is 2.70. The van der Waals surface area contributed by atoms with Gasteiger partial charge in [-0.05, 0) is 70.9 Å². The third-order valence-corrected chi connectivity index (χ3v) is 3.93. The van der Waals surface area contributed by atoms with Gasteiger partial charge in [-0.25, -0.2) is 0 Å². The minimum Gasteiger partial charge on any atom is -0.389 e. The van der Waals surface area contributed by atoms with E-state index in [2.05, 4.69) is 36.3 Å². The van der Waals surface area contributed by atoms with Crippen LogP contribution in [-0.4, -0.2) is 47.6 Å². The molecule has 0 aromatic carbocycles. The summed E-state index contributed by atoms with van der Waals surface area (Å²) in [6.07, 6.45) is 10.3. The van der Waals surface area contributed by atoms with Crippen molar-refractivity contribution < 1.29 is 10.2 Å². The Morgan fingerprint density at radius 1 is 1.16 bits per heavy atom. The van der Waals surface area contributed by atoms with Crippen molar-refractivity contribution in [2.24, 2.45) is 0 Å². The van der Waals surface area contributed by atoms with Crippen molar-refractivity contribution in [3.63, 3.8) is 0 Å². The Morgan fingerprint density at radius 2 is 1.89 bits per heavy atom. The Kier molecular flexibility index (Phi) is 6.07. The third-order valence-electron chi connectivity index (χ3n) is 3.93. The van der Waals surface area contributed by atoms with E-state index in [4.69, 9.17) is 0 Å². The number of hydrogen-bond donors (Lipinski definition) is 4. The molecule has 4 nitrogen and oxygen atoms in total. The molecule has 4 heteroatoms. The highest BCUT2D eigenvalue weighted by atomic mass is 16.3. The number of nitrogens with one attached hydrogen (secondary N) is 2. The van der Waals surface area contributed by atoms with Crippen molar-refractivity contribution in [3.8, 4) is 0 Å². The Hall–Kier alpha value is -0.160. The molecular formula is C15H25N2O2. The van der Waals surface area contributed by atoms with Gasteiger partial charge in [0.25, 0.3) is 0 Å². The second-order valence-electron chi connectivity index (χ2n) is 5.48. The average Bonchev–Trinajstić information content (AvgIpc) is 2.99. The van der Waals surface area contributed by atoms with E-state index >= 15 is 0 Å². The number of aliphatic hydroxyl groups excluding tert-OH is 2. The van der Waals surface area contributed by atoms with Gasteiger partial charge in [-0.15, -0.1) is 0 Å². The molecule has 1 saturated carbocycles. The molecule has 0 bridgehead atoms. The Labute approximate surface area is 117 Å². The van der Waals surface area contributed by atoms with Crippen LogP contribution in [0.25, 0.3) is 0 Å². The molecule has 0 amide bonds. The summed E-state index contributed by atoms with van der Waals surface area (Å²) in [5, 5.41) is 26.1. The van der Waals surface area contributed by atoms with Crippen LogP contribution in [0.4, 0.5) is 0 Å². The van der Waals surface area contributed by atoms with Crippen molar-refractivity contribution >= 4 is 0 Å². The molecule has 1 heterocycles. The minimum absolute atomic E-state index is 0.00701. The average molecular weight is 265 g/mol. The van der Waals surface area contributed by atoms with Gasteiger partial charge in [0, 0.05) is 12.1 Å².